The van der Waals surface area contributed by atoms with Gasteiger partial charge in [-0.05, 0) is 46.7 Å². The smallest absolute Gasteiger partial charge is 0.376 e. The maximum absolute atomic E-state index is 11.5. The van der Waals surface area contributed by atoms with E-state index >= 15 is 0 Å². The second kappa shape index (κ2) is 18.1. The summed E-state index contributed by atoms with van der Waals surface area (Å²) in [5, 5.41) is 0. The van der Waals surface area contributed by atoms with E-state index in [2.05, 4.69) is 21.2 Å². The minimum absolute atomic E-state index is 0.221. The van der Waals surface area contributed by atoms with Crippen molar-refractivity contribution in [3.05, 3.63) is 30.3 Å². The second-order valence-electron chi connectivity index (χ2n) is 4.89. The molecule has 2 atom stereocenters. The number of para-hydroxylation sites is 1. The van der Waals surface area contributed by atoms with Gasteiger partial charge in [-0.25, -0.2) is 4.57 Å². The van der Waals surface area contributed by atoms with Gasteiger partial charge in [-0.1, -0.05) is 54.3 Å². The van der Waals surface area contributed by atoms with Gasteiger partial charge in [0.25, 0.3) is 0 Å². The zero-order valence-electron chi connectivity index (χ0n) is 15.9. The van der Waals surface area contributed by atoms with E-state index in [1.165, 1.54) is 0 Å². The van der Waals surface area contributed by atoms with E-state index in [0.717, 1.165) is 12.2 Å². The van der Waals surface area contributed by atoms with Gasteiger partial charge in [0.05, 0.1) is 6.16 Å². The predicted molar refractivity (Wildman–Crippen MR) is 119 cm³/mol. The molecule has 26 heavy (non-hydrogen) atoms. The van der Waals surface area contributed by atoms with Crippen LogP contribution in [0.25, 0.3) is 0 Å². The fourth-order valence-corrected chi connectivity index (χ4v) is 3.30. The van der Waals surface area contributed by atoms with Crippen molar-refractivity contribution in [1.29, 1.82) is 0 Å². The van der Waals surface area contributed by atoms with E-state index in [0.29, 0.717) is 18.8 Å². The molecular formula is C17H31INO5PS. The Balaban J connectivity index is 0. The normalized spacial score (nSPS) is 13.0. The fourth-order valence-electron chi connectivity index (χ4n) is 1.35. The van der Waals surface area contributed by atoms with Gasteiger partial charge in [0, 0.05) is 5.75 Å². The molecule has 0 saturated carbocycles. The minimum atomic E-state index is -3.43. The number of unbranched alkanes of at least 4 members (excludes halogenated alkanes) is 1. The molecule has 152 valence electrons. The van der Waals surface area contributed by atoms with Crippen molar-refractivity contribution in [2.24, 2.45) is 5.73 Å². The SMILES string of the molecule is CC.CC(N)C(=O)OCCSI.CCCCP(=O)(O)Oc1ccccc1. The molecule has 0 aliphatic carbocycles. The Bertz CT molecular complexity index is 505. The highest BCUT2D eigenvalue weighted by Crippen LogP contribution is 2.43. The van der Waals surface area contributed by atoms with Gasteiger partial charge >= 0.3 is 13.6 Å². The third kappa shape index (κ3) is 17.1. The standard InChI is InChI=1S/C10H15O3P.C5H10INO2S.C2H6/c1-2-3-9-14(11,12)13-10-7-5-4-6-8-10;1-4(7)5(8)9-2-3-10-6;1-2/h4-8H,2-3,9H2,1H3,(H,11,12);4H,2-3,7H2,1H3;1-2H3. The van der Waals surface area contributed by atoms with E-state index < -0.39 is 13.6 Å². The molecule has 0 amide bonds. The van der Waals surface area contributed by atoms with Gasteiger partial charge in [-0.3, -0.25) is 4.79 Å². The first kappa shape index (κ1) is 27.9. The van der Waals surface area contributed by atoms with Crippen LogP contribution < -0.4 is 10.3 Å². The maximum Gasteiger partial charge on any atom is 0.376 e. The first-order valence-electron chi connectivity index (χ1n) is 8.54. The van der Waals surface area contributed by atoms with E-state index in [-0.39, 0.29) is 12.1 Å². The summed E-state index contributed by atoms with van der Waals surface area (Å²) in [6, 6.07) is 8.23. The highest BCUT2D eigenvalue weighted by molar-refractivity contribution is 14.2. The number of nitrogens with two attached hydrogens (primary N) is 1. The molecule has 0 bridgehead atoms. The van der Waals surface area contributed by atoms with Crippen molar-refractivity contribution < 1.29 is 23.5 Å². The molecule has 0 spiro atoms. The highest BCUT2D eigenvalue weighted by Gasteiger charge is 2.19. The second-order valence-corrected chi connectivity index (χ2v) is 9.29. The van der Waals surface area contributed by atoms with E-state index in [1.807, 2.05) is 26.8 Å². The third-order valence-electron chi connectivity index (χ3n) is 2.56. The minimum Gasteiger partial charge on any atom is -0.464 e. The van der Waals surface area contributed by atoms with E-state index in [1.54, 1.807) is 40.1 Å². The molecule has 0 aromatic heterocycles. The number of carbonyl (C=O) groups excluding carboxylic acids is 1. The maximum atomic E-state index is 11.5. The lowest BCUT2D eigenvalue weighted by atomic mass is 10.3. The van der Waals surface area contributed by atoms with Crippen molar-refractivity contribution in [3.63, 3.8) is 0 Å². The van der Waals surface area contributed by atoms with Gasteiger partial charge < -0.3 is 19.9 Å². The summed E-state index contributed by atoms with van der Waals surface area (Å²) in [5.41, 5.74) is 5.23. The molecule has 0 fully saturated rings. The van der Waals surface area contributed by atoms with Crippen molar-refractivity contribution in [1.82, 2.24) is 0 Å². The van der Waals surface area contributed by atoms with Gasteiger partial charge in [-0.15, -0.1) is 0 Å². The molecule has 1 aromatic rings. The summed E-state index contributed by atoms with van der Waals surface area (Å²) in [7, 11) is -1.82. The third-order valence-corrected chi connectivity index (χ3v) is 5.58. The summed E-state index contributed by atoms with van der Waals surface area (Å²) in [5.74, 6) is 0.943. The molecule has 0 heterocycles. The van der Waals surface area contributed by atoms with Crippen LogP contribution in [0, 0.1) is 0 Å². The number of benzene rings is 1. The molecule has 6 nitrogen and oxygen atoms in total. The number of esters is 1. The van der Waals surface area contributed by atoms with Crippen molar-refractivity contribution in [3.8, 4) is 5.75 Å². The molecule has 2 unspecified atom stereocenters. The summed E-state index contributed by atoms with van der Waals surface area (Å²) in [4.78, 5) is 20.1. The van der Waals surface area contributed by atoms with Crippen molar-refractivity contribution >= 4 is 43.7 Å². The quantitative estimate of drug-likeness (QED) is 0.204. The predicted octanol–water partition coefficient (Wildman–Crippen LogP) is 5.04. The van der Waals surface area contributed by atoms with Crippen LogP contribution in [0.3, 0.4) is 0 Å². The molecule has 0 aliphatic heterocycles. The van der Waals surface area contributed by atoms with Crippen LogP contribution in [0.1, 0.15) is 40.5 Å². The largest absolute Gasteiger partial charge is 0.464 e. The van der Waals surface area contributed by atoms with Crippen molar-refractivity contribution in [2.75, 3.05) is 18.5 Å². The average Bonchev–Trinajstić information content (AvgIpc) is 2.63. The Morgan fingerprint density at radius 1 is 1.35 bits per heavy atom. The van der Waals surface area contributed by atoms with Crippen LogP contribution in [0.15, 0.2) is 30.3 Å². The number of hydrogen-bond acceptors (Lipinski definition) is 6. The Morgan fingerprint density at radius 2 is 1.92 bits per heavy atom. The zero-order chi connectivity index (χ0) is 20.4. The van der Waals surface area contributed by atoms with Crippen LogP contribution in [0.5, 0.6) is 5.75 Å². The first-order chi connectivity index (χ1) is 12.3. The van der Waals surface area contributed by atoms with E-state index in [4.69, 9.17) is 15.0 Å². The van der Waals surface area contributed by atoms with Crippen LogP contribution in [-0.2, 0) is 14.1 Å². The van der Waals surface area contributed by atoms with Gasteiger partial charge in [-0.2, -0.15) is 0 Å². The van der Waals surface area contributed by atoms with Crippen LogP contribution in [0.4, 0.5) is 0 Å². The zero-order valence-corrected chi connectivity index (χ0v) is 19.8. The first-order valence-corrected chi connectivity index (χ1v) is 13.8. The summed E-state index contributed by atoms with van der Waals surface area (Å²) >= 11 is 2.15. The molecule has 0 radical (unpaired) electrons. The Hall–Kier alpha value is -0.280. The summed E-state index contributed by atoms with van der Waals surface area (Å²) < 4.78 is 21.2. The molecule has 1 rings (SSSR count). The van der Waals surface area contributed by atoms with E-state index in [9.17, 15) is 14.3 Å². The number of halogens is 1. The lowest BCUT2D eigenvalue weighted by molar-refractivity contribution is -0.144. The van der Waals surface area contributed by atoms with Crippen LogP contribution in [-0.4, -0.2) is 35.4 Å². The van der Waals surface area contributed by atoms with Gasteiger partial charge in [0.15, 0.2) is 0 Å². The Morgan fingerprint density at radius 3 is 2.38 bits per heavy atom. The number of rotatable bonds is 9. The molecule has 0 aliphatic rings. The Kier molecular flexibility index (Phi) is 19.4. The van der Waals surface area contributed by atoms with Gasteiger partial charge in [0.1, 0.15) is 18.4 Å². The fraction of sp³-hybridized carbons (Fsp3) is 0.588. The monoisotopic (exact) mass is 519 g/mol. The van der Waals surface area contributed by atoms with Crippen molar-refractivity contribution in [2.45, 2.75) is 46.6 Å². The summed E-state index contributed by atoms with van der Waals surface area (Å²) in [6.45, 7) is 8.04. The van der Waals surface area contributed by atoms with Gasteiger partial charge in [0.2, 0.25) is 0 Å². The number of hydrogen-bond donors (Lipinski definition) is 2. The lowest BCUT2D eigenvalue weighted by Gasteiger charge is -2.12. The summed E-state index contributed by atoms with van der Waals surface area (Å²) in [6.07, 6.45) is 1.82. The molecule has 3 N–H and O–H groups in total. The topological polar surface area (TPSA) is 98.9 Å². The lowest BCUT2D eigenvalue weighted by Crippen LogP contribution is -2.29. The highest BCUT2D eigenvalue weighted by atomic mass is 127. The molecular weight excluding hydrogens is 488 g/mol. The number of ether oxygens (including phenoxy) is 1. The molecule has 0 saturated heterocycles. The Labute approximate surface area is 173 Å². The van der Waals surface area contributed by atoms with Crippen LogP contribution in [0.2, 0.25) is 0 Å². The van der Waals surface area contributed by atoms with Crippen LogP contribution >= 0.6 is 37.7 Å². The average molecular weight is 519 g/mol. The number of carbonyl (C=O) groups is 1. The molecule has 1 aromatic carbocycles. The molecule has 9 heteroatoms.